The molecule has 1 heterocycles. The fourth-order valence-corrected chi connectivity index (χ4v) is 3.36. The van der Waals surface area contributed by atoms with E-state index in [-0.39, 0.29) is 0 Å². The smallest absolute Gasteiger partial charge is 0.123 e. The van der Waals surface area contributed by atoms with Crippen molar-refractivity contribution in [3.63, 3.8) is 0 Å². The standard InChI is InChI=1S/C18H24N2OS/c1-3-17-13-19-18(22-17)14-5-9-16(10-6-14)21-12-4-11-20(2)15-7-8-15/h5-6,9-10,13,15H,3-4,7-8,11-12H2,1-2H3. The van der Waals surface area contributed by atoms with Gasteiger partial charge < -0.3 is 9.64 Å². The lowest BCUT2D eigenvalue weighted by molar-refractivity contribution is 0.258. The molecule has 0 radical (unpaired) electrons. The van der Waals surface area contributed by atoms with Crippen molar-refractivity contribution in [2.45, 2.75) is 38.6 Å². The number of aryl methyl sites for hydroxylation is 1. The highest BCUT2D eigenvalue weighted by atomic mass is 32.1. The van der Waals surface area contributed by atoms with Crippen LogP contribution in [0.4, 0.5) is 0 Å². The van der Waals surface area contributed by atoms with Crippen LogP contribution in [0.2, 0.25) is 0 Å². The van der Waals surface area contributed by atoms with E-state index in [1.807, 2.05) is 18.3 Å². The van der Waals surface area contributed by atoms with Gasteiger partial charge in [-0.05, 0) is 57.0 Å². The van der Waals surface area contributed by atoms with Gasteiger partial charge in [0.2, 0.25) is 0 Å². The molecule has 1 fully saturated rings. The number of ether oxygens (including phenoxy) is 1. The van der Waals surface area contributed by atoms with Crippen LogP contribution in [-0.4, -0.2) is 36.1 Å². The van der Waals surface area contributed by atoms with Crippen molar-refractivity contribution in [2.24, 2.45) is 0 Å². The third-order valence-electron chi connectivity index (χ3n) is 4.10. The second-order valence-corrected chi connectivity index (χ2v) is 7.04. The molecule has 0 unspecified atom stereocenters. The summed E-state index contributed by atoms with van der Waals surface area (Å²) in [5.74, 6) is 0.949. The summed E-state index contributed by atoms with van der Waals surface area (Å²) in [6, 6.07) is 9.14. The normalized spacial score (nSPS) is 14.5. The van der Waals surface area contributed by atoms with Gasteiger partial charge in [0.15, 0.2) is 0 Å². The molecule has 1 aliphatic rings. The number of hydrogen-bond donors (Lipinski definition) is 0. The van der Waals surface area contributed by atoms with Crippen LogP contribution in [0, 0.1) is 0 Å². The second kappa shape index (κ2) is 7.25. The molecule has 0 spiro atoms. The lowest BCUT2D eigenvalue weighted by Crippen LogP contribution is -2.23. The van der Waals surface area contributed by atoms with Crippen molar-refractivity contribution >= 4 is 11.3 Å². The first-order valence-corrected chi connectivity index (χ1v) is 8.96. The van der Waals surface area contributed by atoms with Crippen LogP contribution in [0.25, 0.3) is 10.6 Å². The molecule has 22 heavy (non-hydrogen) atoms. The summed E-state index contributed by atoms with van der Waals surface area (Å²) in [7, 11) is 2.21. The summed E-state index contributed by atoms with van der Waals surface area (Å²) in [5, 5.41) is 1.09. The van der Waals surface area contributed by atoms with Gasteiger partial charge in [-0.2, -0.15) is 0 Å². The molecule has 3 rings (SSSR count). The first-order chi connectivity index (χ1) is 10.8. The van der Waals surface area contributed by atoms with Crippen molar-refractivity contribution in [1.82, 2.24) is 9.88 Å². The summed E-state index contributed by atoms with van der Waals surface area (Å²) in [6.45, 7) is 4.07. The summed E-state index contributed by atoms with van der Waals surface area (Å²) >= 11 is 1.77. The molecule has 0 saturated heterocycles. The van der Waals surface area contributed by atoms with Crippen molar-refractivity contribution < 1.29 is 4.74 Å². The molecule has 1 saturated carbocycles. The Morgan fingerprint density at radius 2 is 2.05 bits per heavy atom. The monoisotopic (exact) mass is 316 g/mol. The number of thiazole rings is 1. The van der Waals surface area contributed by atoms with Crippen molar-refractivity contribution in [1.29, 1.82) is 0 Å². The molecule has 0 aliphatic heterocycles. The summed E-state index contributed by atoms with van der Waals surface area (Å²) in [5.41, 5.74) is 1.17. The van der Waals surface area contributed by atoms with E-state index >= 15 is 0 Å². The van der Waals surface area contributed by atoms with Crippen LogP contribution >= 0.6 is 11.3 Å². The molecular formula is C18H24N2OS. The van der Waals surface area contributed by atoms with Gasteiger partial charge in [-0.25, -0.2) is 4.98 Å². The minimum atomic E-state index is 0.785. The SMILES string of the molecule is CCc1cnc(-c2ccc(OCCCN(C)C3CC3)cc2)s1. The van der Waals surface area contributed by atoms with E-state index in [1.165, 1.54) is 23.3 Å². The summed E-state index contributed by atoms with van der Waals surface area (Å²) in [6.07, 6.45) is 6.85. The number of aromatic nitrogens is 1. The lowest BCUT2D eigenvalue weighted by atomic mass is 10.2. The maximum atomic E-state index is 5.83. The molecule has 3 nitrogen and oxygen atoms in total. The van der Waals surface area contributed by atoms with Crippen molar-refractivity contribution in [2.75, 3.05) is 20.2 Å². The van der Waals surface area contributed by atoms with E-state index < -0.39 is 0 Å². The molecule has 0 N–H and O–H groups in total. The predicted molar refractivity (Wildman–Crippen MR) is 92.7 cm³/mol. The molecule has 1 aromatic carbocycles. The highest BCUT2D eigenvalue weighted by Crippen LogP contribution is 2.27. The molecule has 0 bridgehead atoms. The Kier molecular flexibility index (Phi) is 5.11. The first kappa shape index (κ1) is 15.5. The van der Waals surface area contributed by atoms with E-state index in [1.54, 1.807) is 11.3 Å². The molecular weight excluding hydrogens is 292 g/mol. The zero-order valence-electron chi connectivity index (χ0n) is 13.4. The van der Waals surface area contributed by atoms with Crippen molar-refractivity contribution in [3.05, 3.63) is 35.3 Å². The lowest BCUT2D eigenvalue weighted by Gasteiger charge is -2.15. The van der Waals surface area contributed by atoms with Crippen LogP contribution in [-0.2, 0) is 6.42 Å². The van der Waals surface area contributed by atoms with Gasteiger partial charge in [-0.3, -0.25) is 0 Å². The Labute approximate surface area is 137 Å². The average molecular weight is 316 g/mol. The maximum absolute atomic E-state index is 5.83. The van der Waals surface area contributed by atoms with Gasteiger partial charge in [-0.15, -0.1) is 11.3 Å². The summed E-state index contributed by atoms with van der Waals surface area (Å²) < 4.78 is 5.83. The van der Waals surface area contributed by atoms with Crippen molar-refractivity contribution in [3.8, 4) is 16.3 Å². The molecule has 118 valence electrons. The molecule has 0 amide bonds. The van der Waals surface area contributed by atoms with Gasteiger partial charge >= 0.3 is 0 Å². The Morgan fingerprint density at radius 1 is 1.27 bits per heavy atom. The quantitative estimate of drug-likeness (QED) is 0.681. The predicted octanol–water partition coefficient (Wildman–Crippen LogP) is 4.24. The average Bonchev–Trinajstić information content (AvgIpc) is 3.30. The van der Waals surface area contributed by atoms with E-state index in [4.69, 9.17) is 4.74 Å². The van der Waals surface area contributed by atoms with Gasteiger partial charge in [0, 0.05) is 29.2 Å². The Morgan fingerprint density at radius 3 is 2.68 bits per heavy atom. The van der Waals surface area contributed by atoms with E-state index in [0.29, 0.717) is 0 Å². The van der Waals surface area contributed by atoms with Gasteiger partial charge in [0.1, 0.15) is 10.8 Å². The third kappa shape index (κ3) is 4.08. The number of benzene rings is 1. The highest BCUT2D eigenvalue weighted by Gasteiger charge is 2.25. The fourth-order valence-electron chi connectivity index (χ4n) is 2.50. The Balaban J connectivity index is 1.46. The number of rotatable bonds is 8. The zero-order valence-corrected chi connectivity index (χ0v) is 14.2. The second-order valence-electron chi connectivity index (χ2n) is 5.92. The van der Waals surface area contributed by atoms with Crippen LogP contribution in [0.3, 0.4) is 0 Å². The minimum absolute atomic E-state index is 0.785. The maximum Gasteiger partial charge on any atom is 0.123 e. The van der Waals surface area contributed by atoms with E-state index in [2.05, 4.69) is 36.0 Å². The first-order valence-electron chi connectivity index (χ1n) is 8.14. The van der Waals surface area contributed by atoms with E-state index in [9.17, 15) is 0 Å². The van der Waals surface area contributed by atoms with Crippen LogP contribution in [0.1, 0.15) is 31.1 Å². The molecule has 2 aromatic rings. The zero-order chi connectivity index (χ0) is 15.4. The Bertz CT molecular complexity index is 589. The Hall–Kier alpha value is -1.39. The minimum Gasteiger partial charge on any atom is -0.494 e. The molecule has 4 heteroatoms. The van der Waals surface area contributed by atoms with Gasteiger partial charge in [0.25, 0.3) is 0 Å². The van der Waals surface area contributed by atoms with Crippen LogP contribution < -0.4 is 4.74 Å². The van der Waals surface area contributed by atoms with Gasteiger partial charge in [0.05, 0.1) is 6.61 Å². The molecule has 1 aromatic heterocycles. The third-order valence-corrected chi connectivity index (χ3v) is 5.29. The fraction of sp³-hybridized carbons (Fsp3) is 0.500. The van der Waals surface area contributed by atoms with Crippen LogP contribution in [0.15, 0.2) is 30.5 Å². The molecule has 0 atom stereocenters. The highest BCUT2D eigenvalue weighted by molar-refractivity contribution is 7.15. The topological polar surface area (TPSA) is 25.4 Å². The van der Waals surface area contributed by atoms with Gasteiger partial charge in [-0.1, -0.05) is 6.92 Å². The number of hydrogen-bond acceptors (Lipinski definition) is 4. The summed E-state index contributed by atoms with van der Waals surface area (Å²) in [4.78, 5) is 8.25. The number of nitrogens with zero attached hydrogens (tertiary/aromatic N) is 2. The molecule has 1 aliphatic carbocycles. The van der Waals surface area contributed by atoms with E-state index in [0.717, 1.165) is 42.8 Å². The van der Waals surface area contributed by atoms with Crippen LogP contribution in [0.5, 0.6) is 5.75 Å². The largest absolute Gasteiger partial charge is 0.494 e.